The minimum absolute atomic E-state index is 0.00475. The van der Waals surface area contributed by atoms with Gasteiger partial charge in [-0.3, -0.25) is 4.79 Å². The number of rotatable bonds is 4. The van der Waals surface area contributed by atoms with E-state index in [1.54, 1.807) is 7.05 Å². The second kappa shape index (κ2) is 5.36. The summed E-state index contributed by atoms with van der Waals surface area (Å²) in [5, 5.41) is 10.9. The van der Waals surface area contributed by atoms with Crippen molar-refractivity contribution in [2.24, 2.45) is 10.9 Å². The highest BCUT2D eigenvalue weighted by Crippen LogP contribution is 1.84. The summed E-state index contributed by atoms with van der Waals surface area (Å²) in [6, 6.07) is 0. The Morgan fingerprint density at radius 2 is 2.33 bits per heavy atom. The molecule has 0 saturated carbocycles. The van der Waals surface area contributed by atoms with Crippen molar-refractivity contribution in [1.82, 2.24) is 4.90 Å². The molecule has 0 aliphatic heterocycles. The summed E-state index contributed by atoms with van der Waals surface area (Å²) in [6.45, 7) is 0.0912. The molecule has 12 heavy (non-hydrogen) atoms. The van der Waals surface area contributed by atoms with Crippen molar-refractivity contribution in [1.29, 1.82) is 0 Å². The number of likely N-dealkylation sites (N-methyl/N-ethyl adjacent to an activating group) is 1. The van der Waals surface area contributed by atoms with Crippen molar-refractivity contribution in [3.63, 3.8) is 0 Å². The second-order valence-corrected chi connectivity index (χ2v) is 2.27. The quantitative estimate of drug-likeness (QED) is 0.244. The summed E-state index contributed by atoms with van der Waals surface area (Å²) in [6.07, 6.45) is 0. The average molecular weight is 175 g/mol. The summed E-state index contributed by atoms with van der Waals surface area (Å²) in [4.78, 5) is 12.3. The van der Waals surface area contributed by atoms with Crippen molar-refractivity contribution in [2.75, 3.05) is 27.3 Å². The van der Waals surface area contributed by atoms with Gasteiger partial charge in [-0.1, -0.05) is 5.16 Å². The minimum atomic E-state index is -0.218. The maximum Gasteiger partial charge on any atom is 0.248 e. The molecule has 3 N–H and O–H groups in total. The number of nitrogens with zero attached hydrogens (tertiary/aromatic N) is 2. The first-order valence-electron chi connectivity index (χ1n) is 3.31. The molecule has 0 atom stereocenters. The molecule has 0 saturated heterocycles. The third-order valence-electron chi connectivity index (χ3n) is 1.22. The predicted molar refractivity (Wildman–Crippen MR) is 42.9 cm³/mol. The van der Waals surface area contributed by atoms with E-state index in [9.17, 15) is 4.79 Å². The molecule has 0 unspecified atom stereocenters. The van der Waals surface area contributed by atoms with Gasteiger partial charge >= 0.3 is 0 Å². The van der Waals surface area contributed by atoms with Gasteiger partial charge in [0.25, 0.3) is 0 Å². The second-order valence-electron chi connectivity index (χ2n) is 2.27. The number of nitrogens with two attached hydrogens (primary N) is 1. The molecule has 1 amide bonds. The Labute approximate surface area is 70.6 Å². The molecule has 0 spiro atoms. The number of amides is 1. The minimum Gasteiger partial charge on any atom is -0.409 e. The van der Waals surface area contributed by atoms with E-state index in [2.05, 4.69) is 9.89 Å². The average Bonchev–Trinajstić information content (AvgIpc) is 2.04. The highest BCUT2D eigenvalue weighted by Gasteiger charge is 2.08. The topological polar surface area (TPSA) is 88.2 Å². The van der Waals surface area contributed by atoms with E-state index >= 15 is 0 Å². The zero-order chi connectivity index (χ0) is 9.56. The summed E-state index contributed by atoms with van der Waals surface area (Å²) >= 11 is 0. The fourth-order valence-electron chi connectivity index (χ4n) is 0.596. The molecule has 0 aliphatic rings. The summed E-state index contributed by atoms with van der Waals surface area (Å²) in [5.74, 6) is -0.231. The lowest BCUT2D eigenvalue weighted by Gasteiger charge is -2.14. The first-order chi connectivity index (χ1) is 5.61. The summed E-state index contributed by atoms with van der Waals surface area (Å²) in [5.41, 5.74) is 5.17. The molecule has 0 fully saturated rings. The number of methoxy groups -OCH3 is 1. The molecule has 0 aliphatic carbocycles. The van der Waals surface area contributed by atoms with E-state index < -0.39 is 0 Å². The fourth-order valence-corrected chi connectivity index (χ4v) is 0.596. The zero-order valence-corrected chi connectivity index (χ0v) is 7.15. The van der Waals surface area contributed by atoms with Gasteiger partial charge in [-0.15, -0.1) is 0 Å². The Balaban J connectivity index is 3.86. The lowest BCUT2D eigenvalue weighted by molar-refractivity contribution is -0.133. The van der Waals surface area contributed by atoms with Gasteiger partial charge in [0.15, 0.2) is 5.84 Å². The number of hydrogen-bond donors (Lipinski definition) is 2. The van der Waals surface area contributed by atoms with E-state index in [0.29, 0.717) is 0 Å². The van der Waals surface area contributed by atoms with Crippen LogP contribution in [0.25, 0.3) is 0 Å². The first kappa shape index (κ1) is 10.7. The van der Waals surface area contributed by atoms with E-state index in [1.807, 2.05) is 0 Å². The van der Waals surface area contributed by atoms with Crippen LogP contribution in [0.1, 0.15) is 0 Å². The molecule has 6 heteroatoms. The smallest absolute Gasteiger partial charge is 0.248 e. The first-order valence-corrected chi connectivity index (χ1v) is 3.31. The maximum atomic E-state index is 11.0. The Kier molecular flexibility index (Phi) is 4.78. The van der Waals surface area contributed by atoms with Gasteiger partial charge in [0.1, 0.15) is 6.61 Å². The monoisotopic (exact) mass is 175 g/mol. The number of hydrogen-bond acceptors (Lipinski definition) is 4. The lowest BCUT2D eigenvalue weighted by Crippen LogP contribution is -2.37. The molecule has 0 radical (unpaired) electrons. The van der Waals surface area contributed by atoms with E-state index in [1.165, 1.54) is 12.0 Å². The standard InChI is InChI=1S/C6H13N3O3/c1-9(3-5(7)8-11)6(10)4-12-2/h11H,3-4H2,1-2H3,(H2,7,8). The number of carbonyl (C=O) groups is 1. The molecule has 0 bridgehead atoms. The Bertz CT molecular complexity index is 181. The van der Waals surface area contributed by atoms with Crippen LogP contribution >= 0.6 is 0 Å². The number of carbonyl (C=O) groups excluding carboxylic acids is 1. The Hall–Kier alpha value is -1.30. The molecular weight excluding hydrogens is 162 g/mol. The summed E-state index contributed by atoms with van der Waals surface area (Å²) in [7, 11) is 2.97. The molecule has 0 rings (SSSR count). The van der Waals surface area contributed by atoms with Gasteiger partial charge in [-0.05, 0) is 0 Å². The van der Waals surface area contributed by atoms with Crippen LogP contribution in [0.3, 0.4) is 0 Å². The lowest BCUT2D eigenvalue weighted by atomic mass is 10.5. The Morgan fingerprint density at radius 1 is 1.75 bits per heavy atom. The number of amidine groups is 1. The molecule has 0 heterocycles. The third kappa shape index (κ3) is 3.77. The highest BCUT2D eigenvalue weighted by atomic mass is 16.5. The Morgan fingerprint density at radius 3 is 2.75 bits per heavy atom. The molecule has 0 aromatic rings. The molecule has 0 aromatic heterocycles. The van der Waals surface area contributed by atoms with Crippen molar-refractivity contribution in [3.05, 3.63) is 0 Å². The largest absolute Gasteiger partial charge is 0.409 e. The van der Waals surface area contributed by atoms with Crippen LogP contribution in [0.5, 0.6) is 0 Å². The van der Waals surface area contributed by atoms with Crippen LogP contribution in [-0.4, -0.2) is 49.2 Å². The van der Waals surface area contributed by atoms with Crippen molar-refractivity contribution >= 4 is 11.7 Å². The fraction of sp³-hybridized carbons (Fsp3) is 0.667. The van der Waals surface area contributed by atoms with Gasteiger partial charge in [-0.2, -0.15) is 0 Å². The van der Waals surface area contributed by atoms with Crippen LogP contribution in [0.4, 0.5) is 0 Å². The molecule has 0 aromatic carbocycles. The molecular formula is C6H13N3O3. The van der Waals surface area contributed by atoms with Gasteiger partial charge in [0.05, 0.1) is 6.54 Å². The van der Waals surface area contributed by atoms with Crippen molar-refractivity contribution in [2.45, 2.75) is 0 Å². The van der Waals surface area contributed by atoms with Crippen LogP contribution in [-0.2, 0) is 9.53 Å². The van der Waals surface area contributed by atoms with Crippen LogP contribution in [0, 0.1) is 0 Å². The highest BCUT2D eigenvalue weighted by molar-refractivity contribution is 5.87. The van der Waals surface area contributed by atoms with Crippen molar-refractivity contribution in [3.8, 4) is 0 Å². The van der Waals surface area contributed by atoms with E-state index in [-0.39, 0.29) is 24.9 Å². The van der Waals surface area contributed by atoms with Crippen LogP contribution < -0.4 is 5.73 Å². The molecule has 70 valence electrons. The van der Waals surface area contributed by atoms with Gasteiger partial charge in [0, 0.05) is 14.2 Å². The van der Waals surface area contributed by atoms with Gasteiger partial charge < -0.3 is 20.6 Å². The van der Waals surface area contributed by atoms with E-state index in [0.717, 1.165) is 0 Å². The third-order valence-corrected chi connectivity index (χ3v) is 1.22. The van der Waals surface area contributed by atoms with E-state index in [4.69, 9.17) is 10.9 Å². The SMILES string of the molecule is COCC(=O)N(C)C/C(N)=N/O. The normalized spacial score (nSPS) is 11.3. The maximum absolute atomic E-state index is 11.0. The molecule has 6 nitrogen and oxygen atoms in total. The van der Waals surface area contributed by atoms with Crippen molar-refractivity contribution < 1.29 is 14.7 Å². The number of ether oxygens (including phenoxy) is 1. The van der Waals surface area contributed by atoms with Gasteiger partial charge in [-0.25, -0.2) is 0 Å². The summed E-state index contributed by atoms with van der Waals surface area (Å²) < 4.78 is 4.61. The zero-order valence-electron chi connectivity index (χ0n) is 7.15. The van der Waals surface area contributed by atoms with Crippen LogP contribution in [0.15, 0.2) is 5.16 Å². The number of oxime groups is 1. The van der Waals surface area contributed by atoms with Crippen LogP contribution in [0.2, 0.25) is 0 Å². The predicted octanol–water partition coefficient (Wildman–Crippen LogP) is -1.16. The van der Waals surface area contributed by atoms with Gasteiger partial charge in [0.2, 0.25) is 5.91 Å².